The summed E-state index contributed by atoms with van der Waals surface area (Å²) >= 11 is 5.70. The second-order valence-corrected chi connectivity index (χ2v) is 4.43. The molecule has 0 radical (unpaired) electrons. The maximum Gasteiger partial charge on any atom is 0.225 e. The topological polar surface area (TPSA) is 29.0 Å². The van der Waals surface area contributed by atoms with Crippen molar-refractivity contribution in [3.63, 3.8) is 0 Å². The fourth-order valence-electron chi connectivity index (χ4n) is 1.87. The maximum absolute atomic E-state index is 12.6. The Labute approximate surface area is 93.3 Å². The van der Waals surface area contributed by atoms with Crippen molar-refractivity contribution in [3.8, 4) is 0 Å². The molecule has 0 N–H and O–H groups in total. The lowest BCUT2D eigenvalue weighted by atomic mass is 10.0. The van der Waals surface area contributed by atoms with Crippen LogP contribution in [0.15, 0.2) is 12.4 Å². The second-order valence-electron chi connectivity index (χ2n) is 4.00. The quantitative estimate of drug-likeness (QED) is 0.779. The number of hydrogen-bond donors (Lipinski definition) is 0. The summed E-state index contributed by atoms with van der Waals surface area (Å²) in [5.74, 6) is 1.10. The van der Waals surface area contributed by atoms with E-state index in [1.807, 2.05) is 4.90 Å². The third-order valence-electron chi connectivity index (χ3n) is 2.86. The van der Waals surface area contributed by atoms with E-state index in [2.05, 4.69) is 16.9 Å². The van der Waals surface area contributed by atoms with E-state index in [0.29, 0.717) is 23.4 Å². The summed E-state index contributed by atoms with van der Waals surface area (Å²) in [6.45, 7) is 3.29. The van der Waals surface area contributed by atoms with E-state index in [-0.39, 0.29) is 12.6 Å². The van der Waals surface area contributed by atoms with Gasteiger partial charge in [0.1, 0.15) is 0 Å². The van der Waals surface area contributed by atoms with Gasteiger partial charge in [-0.25, -0.2) is 9.97 Å². The maximum atomic E-state index is 12.6. The Balaban J connectivity index is 2.10. The monoisotopic (exact) mass is 229 g/mol. The first-order valence-electron chi connectivity index (χ1n) is 4.99. The molecule has 1 aromatic rings. The fourth-order valence-corrected chi connectivity index (χ4v) is 1.96. The van der Waals surface area contributed by atoms with Gasteiger partial charge < -0.3 is 4.90 Å². The molecule has 82 valence electrons. The van der Waals surface area contributed by atoms with Gasteiger partial charge in [-0.05, 0) is 5.92 Å². The molecule has 0 unspecified atom stereocenters. The number of aromatic nitrogens is 2. The zero-order chi connectivity index (χ0) is 10.8. The Morgan fingerprint density at radius 1 is 1.47 bits per heavy atom. The van der Waals surface area contributed by atoms with Crippen molar-refractivity contribution in [1.82, 2.24) is 9.97 Å². The molecule has 1 aromatic heterocycles. The fraction of sp³-hybridized carbons (Fsp3) is 0.600. The first kappa shape index (κ1) is 10.6. The predicted octanol–water partition coefficient (Wildman–Crippen LogP) is 2.17. The number of halogens is 2. The Morgan fingerprint density at radius 3 is 2.67 bits per heavy atom. The molecule has 2 heterocycles. The van der Waals surface area contributed by atoms with E-state index in [0.717, 1.165) is 6.54 Å². The van der Waals surface area contributed by atoms with Gasteiger partial charge in [0.05, 0.1) is 24.1 Å². The lowest BCUT2D eigenvalue weighted by molar-refractivity contribution is 0.329. The van der Waals surface area contributed by atoms with Crippen molar-refractivity contribution in [1.29, 1.82) is 0 Å². The highest BCUT2D eigenvalue weighted by molar-refractivity contribution is 6.30. The smallest absolute Gasteiger partial charge is 0.225 e. The van der Waals surface area contributed by atoms with Crippen molar-refractivity contribution >= 4 is 17.5 Å². The third kappa shape index (κ3) is 2.20. The summed E-state index contributed by atoms with van der Waals surface area (Å²) in [5.41, 5.74) is 0. The van der Waals surface area contributed by atoms with Crippen molar-refractivity contribution in [2.75, 3.05) is 24.7 Å². The van der Waals surface area contributed by atoms with Crippen LogP contribution in [0.3, 0.4) is 0 Å². The summed E-state index contributed by atoms with van der Waals surface area (Å²) in [4.78, 5) is 10.3. The minimum Gasteiger partial charge on any atom is -0.340 e. The Bertz CT molecular complexity index is 330. The van der Waals surface area contributed by atoms with E-state index in [1.54, 1.807) is 12.4 Å². The van der Waals surface area contributed by atoms with Crippen LogP contribution in [0.2, 0.25) is 5.02 Å². The van der Waals surface area contributed by atoms with E-state index >= 15 is 0 Å². The molecule has 5 heteroatoms. The van der Waals surface area contributed by atoms with E-state index in [1.165, 1.54) is 0 Å². The minimum atomic E-state index is -0.273. The van der Waals surface area contributed by atoms with Gasteiger partial charge in [0.2, 0.25) is 5.95 Å². The molecule has 0 bridgehead atoms. The molecule has 2 rings (SSSR count). The zero-order valence-electron chi connectivity index (χ0n) is 8.53. The van der Waals surface area contributed by atoms with Gasteiger partial charge >= 0.3 is 0 Å². The molecule has 0 amide bonds. The second kappa shape index (κ2) is 4.31. The van der Waals surface area contributed by atoms with Crippen molar-refractivity contribution in [2.45, 2.75) is 6.92 Å². The first-order valence-corrected chi connectivity index (χ1v) is 5.37. The van der Waals surface area contributed by atoms with Crippen LogP contribution in [0.5, 0.6) is 0 Å². The molecule has 0 spiro atoms. The Kier molecular flexibility index (Phi) is 3.05. The molecule has 1 aliphatic heterocycles. The van der Waals surface area contributed by atoms with Crippen LogP contribution >= 0.6 is 11.6 Å². The zero-order valence-corrected chi connectivity index (χ0v) is 9.28. The molecule has 0 aromatic carbocycles. The number of alkyl halides is 1. The van der Waals surface area contributed by atoms with Gasteiger partial charge in [0.15, 0.2) is 0 Å². The molecule has 1 aliphatic rings. The molecular weight excluding hydrogens is 217 g/mol. The Morgan fingerprint density at radius 2 is 2.13 bits per heavy atom. The van der Waals surface area contributed by atoms with Gasteiger partial charge in [0.25, 0.3) is 0 Å². The van der Waals surface area contributed by atoms with Gasteiger partial charge in [-0.1, -0.05) is 18.5 Å². The SMILES string of the molecule is C[C@@H]1CN(c2ncc(Cl)cn2)C[C@@H]1CF. The number of anilines is 1. The molecule has 1 saturated heterocycles. The van der Waals surface area contributed by atoms with E-state index in [4.69, 9.17) is 11.6 Å². The average molecular weight is 230 g/mol. The summed E-state index contributed by atoms with van der Waals surface area (Å²) in [5, 5.41) is 0.521. The number of hydrogen-bond acceptors (Lipinski definition) is 3. The summed E-state index contributed by atoms with van der Waals surface area (Å²) < 4.78 is 12.6. The molecule has 3 nitrogen and oxygen atoms in total. The molecule has 2 atom stereocenters. The van der Waals surface area contributed by atoms with Crippen LogP contribution in [0, 0.1) is 11.8 Å². The highest BCUT2D eigenvalue weighted by atomic mass is 35.5. The van der Waals surface area contributed by atoms with Crippen LogP contribution in [-0.2, 0) is 0 Å². The van der Waals surface area contributed by atoms with Crippen LogP contribution in [0.1, 0.15) is 6.92 Å². The van der Waals surface area contributed by atoms with E-state index < -0.39 is 0 Å². The summed E-state index contributed by atoms with van der Waals surface area (Å²) in [6, 6.07) is 0. The largest absolute Gasteiger partial charge is 0.340 e. The van der Waals surface area contributed by atoms with Crippen molar-refractivity contribution in [2.24, 2.45) is 11.8 Å². The normalized spacial score (nSPS) is 25.9. The molecule has 1 fully saturated rings. The predicted molar refractivity (Wildman–Crippen MR) is 57.9 cm³/mol. The molecule has 0 saturated carbocycles. The Hall–Kier alpha value is -0.900. The van der Waals surface area contributed by atoms with Crippen LogP contribution in [-0.4, -0.2) is 29.7 Å². The average Bonchev–Trinajstić information content (AvgIpc) is 2.61. The standard InChI is InChI=1S/C10H13ClFN3/c1-7-5-15(6-8(7)2-12)10-13-3-9(11)4-14-10/h3-4,7-8H,2,5-6H2,1H3/t7-,8+/m1/s1. The van der Waals surface area contributed by atoms with Gasteiger partial charge in [-0.3, -0.25) is 4.39 Å². The van der Waals surface area contributed by atoms with E-state index in [9.17, 15) is 4.39 Å². The lowest BCUT2D eigenvalue weighted by Gasteiger charge is -2.14. The summed E-state index contributed by atoms with van der Waals surface area (Å²) in [7, 11) is 0. The van der Waals surface area contributed by atoms with Crippen LogP contribution < -0.4 is 4.90 Å². The van der Waals surface area contributed by atoms with Gasteiger partial charge in [-0.2, -0.15) is 0 Å². The third-order valence-corrected chi connectivity index (χ3v) is 3.05. The van der Waals surface area contributed by atoms with Gasteiger partial charge in [-0.15, -0.1) is 0 Å². The van der Waals surface area contributed by atoms with Crippen molar-refractivity contribution < 1.29 is 4.39 Å². The molecular formula is C10H13ClFN3. The highest BCUT2D eigenvalue weighted by Crippen LogP contribution is 2.26. The number of nitrogens with zero attached hydrogens (tertiary/aromatic N) is 3. The lowest BCUT2D eigenvalue weighted by Crippen LogP contribution is -2.22. The van der Waals surface area contributed by atoms with Gasteiger partial charge in [0, 0.05) is 19.0 Å². The van der Waals surface area contributed by atoms with Crippen LogP contribution in [0.4, 0.5) is 10.3 Å². The highest BCUT2D eigenvalue weighted by Gasteiger charge is 2.30. The summed E-state index contributed by atoms with van der Waals surface area (Å²) in [6.07, 6.45) is 3.13. The first-order chi connectivity index (χ1) is 7.20. The number of rotatable bonds is 2. The minimum absolute atomic E-state index is 0.101. The molecule has 15 heavy (non-hydrogen) atoms. The van der Waals surface area contributed by atoms with Crippen molar-refractivity contribution in [3.05, 3.63) is 17.4 Å². The van der Waals surface area contributed by atoms with Crippen LogP contribution in [0.25, 0.3) is 0 Å². The molecule has 0 aliphatic carbocycles.